The number of hydrogen-bond acceptors (Lipinski definition) is 5. The second kappa shape index (κ2) is 5.17. The maximum Gasteiger partial charge on any atom is 0.241 e. The summed E-state index contributed by atoms with van der Waals surface area (Å²) in [7, 11) is 0. The molecule has 1 aliphatic rings. The first kappa shape index (κ1) is 13.4. The highest BCUT2D eigenvalue weighted by molar-refractivity contribution is 9.10. The summed E-state index contributed by atoms with van der Waals surface area (Å²) in [5.74, 6) is 1.78. The molecule has 0 unspecified atom stereocenters. The van der Waals surface area contributed by atoms with E-state index in [1.165, 1.54) is 5.56 Å². The molecule has 6 nitrogen and oxygen atoms in total. The van der Waals surface area contributed by atoms with Gasteiger partial charge in [-0.05, 0) is 29.8 Å². The van der Waals surface area contributed by atoms with Gasteiger partial charge in [-0.3, -0.25) is 0 Å². The normalized spacial score (nSPS) is 20.4. The van der Waals surface area contributed by atoms with E-state index in [1.807, 2.05) is 24.3 Å². The van der Waals surface area contributed by atoms with Gasteiger partial charge in [0.15, 0.2) is 0 Å². The molecule has 0 fully saturated rings. The van der Waals surface area contributed by atoms with E-state index in [4.69, 9.17) is 10.2 Å². The van der Waals surface area contributed by atoms with Gasteiger partial charge in [-0.15, -0.1) is 5.10 Å². The lowest BCUT2D eigenvalue weighted by Crippen LogP contribution is -2.27. The highest BCUT2D eigenvalue weighted by atomic mass is 79.9. The summed E-state index contributed by atoms with van der Waals surface area (Å²) in [6, 6.07) is 12.2. The molecule has 0 spiro atoms. The third-order valence-electron chi connectivity index (χ3n) is 3.85. The summed E-state index contributed by atoms with van der Waals surface area (Å²) in [6.07, 6.45) is 2.48. The SMILES string of the molecule is Nc1nc2n(n1)[C@H](c1ccco1)C[C@@H](c1ccc(Br)cc1)N2. The quantitative estimate of drug-likeness (QED) is 0.732. The first-order valence-electron chi connectivity index (χ1n) is 6.98. The van der Waals surface area contributed by atoms with Gasteiger partial charge in [0.2, 0.25) is 11.9 Å². The number of benzene rings is 1. The van der Waals surface area contributed by atoms with Crippen molar-refractivity contribution in [3.05, 3.63) is 58.5 Å². The number of anilines is 2. The minimum atomic E-state index is -0.0234. The second-order valence-electron chi connectivity index (χ2n) is 5.25. The van der Waals surface area contributed by atoms with Gasteiger partial charge in [-0.2, -0.15) is 4.98 Å². The highest BCUT2D eigenvalue weighted by Gasteiger charge is 2.32. The summed E-state index contributed by atoms with van der Waals surface area (Å²) in [4.78, 5) is 4.27. The minimum absolute atomic E-state index is 0.0234. The molecule has 2 atom stereocenters. The van der Waals surface area contributed by atoms with Crippen molar-refractivity contribution in [3.8, 4) is 0 Å². The number of halogens is 1. The van der Waals surface area contributed by atoms with E-state index in [9.17, 15) is 0 Å². The highest BCUT2D eigenvalue weighted by Crippen LogP contribution is 2.38. The van der Waals surface area contributed by atoms with E-state index in [1.54, 1.807) is 10.9 Å². The van der Waals surface area contributed by atoms with Gasteiger partial charge in [0.05, 0.1) is 12.3 Å². The van der Waals surface area contributed by atoms with Crippen molar-refractivity contribution in [2.24, 2.45) is 0 Å². The number of nitrogens with zero attached hydrogens (tertiary/aromatic N) is 3. The van der Waals surface area contributed by atoms with E-state index in [0.717, 1.165) is 16.7 Å². The largest absolute Gasteiger partial charge is 0.467 e. The molecule has 22 heavy (non-hydrogen) atoms. The number of aromatic nitrogens is 3. The van der Waals surface area contributed by atoms with Gasteiger partial charge < -0.3 is 15.5 Å². The lowest BCUT2D eigenvalue weighted by molar-refractivity contribution is 0.359. The molecule has 3 heterocycles. The van der Waals surface area contributed by atoms with Gasteiger partial charge in [-0.25, -0.2) is 4.68 Å². The van der Waals surface area contributed by atoms with Crippen LogP contribution in [0.5, 0.6) is 0 Å². The number of nitrogens with two attached hydrogens (primary N) is 1. The molecule has 0 saturated heterocycles. The van der Waals surface area contributed by atoms with Crippen LogP contribution in [-0.2, 0) is 0 Å². The smallest absolute Gasteiger partial charge is 0.241 e. The molecule has 0 saturated carbocycles. The zero-order chi connectivity index (χ0) is 15.1. The number of furan rings is 1. The average Bonchev–Trinajstić information content (AvgIpc) is 3.15. The Hall–Kier alpha value is -2.28. The van der Waals surface area contributed by atoms with Crippen molar-refractivity contribution >= 4 is 27.8 Å². The zero-order valence-corrected chi connectivity index (χ0v) is 13.2. The summed E-state index contributed by atoms with van der Waals surface area (Å²) in [5.41, 5.74) is 6.95. The third-order valence-corrected chi connectivity index (χ3v) is 4.38. The van der Waals surface area contributed by atoms with Crippen molar-refractivity contribution < 1.29 is 4.42 Å². The Morgan fingerprint density at radius 3 is 2.82 bits per heavy atom. The number of hydrogen-bond donors (Lipinski definition) is 2. The fourth-order valence-corrected chi connectivity index (χ4v) is 3.09. The first-order valence-corrected chi connectivity index (χ1v) is 7.77. The maximum atomic E-state index is 5.76. The summed E-state index contributed by atoms with van der Waals surface area (Å²) < 4.78 is 8.43. The summed E-state index contributed by atoms with van der Waals surface area (Å²) >= 11 is 3.46. The van der Waals surface area contributed by atoms with Crippen molar-refractivity contribution in [2.45, 2.75) is 18.5 Å². The number of nitrogens with one attached hydrogen (secondary N) is 1. The van der Waals surface area contributed by atoms with Crippen molar-refractivity contribution in [2.75, 3.05) is 11.1 Å². The molecule has 1 aromatic carbocycles. The molecule has 0 amide bonds. The molecular weight excluding hydrogens is 346 g/mol. The zero-order valence-electron chi connectivity index (χ0n) is 11.6. The predicted octanol–water partition coefficient (Wildman–Crippen LogP) is 3.36. The van der Waals surface area contributed by atoms with E-state index < -0.39 is 0 Å². The van der Waals surface area contributed by atoms with E-state index in [2.05, 4.69) is 43.5 Å². The number of nitrogen functional groups attached to an aromatic ring is 1. The molecule has 3 aromatic rings. The third kappa shape index (κ3) is 2.27. The molecule has 1 aliphatic heterocycles. The Labute approximate surface area is 135 Å². The average molecular weight is 360 g/mol. The van der Waals surface area contributed by atoms with Crippen LogP contribution in [0.1, 0.15) is 29.8 Å². The monoisotopic (exact) mass is 359 g/mol. The Morgan fingerprint density at radius 2 is 2.09 bits per heavy atom. The van der Waals surface area contributed by atoms with Gasteiger partial charge in [0.25, 0.3) is 0 Å². The van der Waals surface area contributed by atoms with Gasteiger partial charge in [0, 0.05) is 10.9 Å². The molecule has 0 radical (unpaired) electrons. The molecular formula is C15H14BrN5O. The van der Waals surface area contributed by atoms with Crippen LogP contribution in [-0.4, -0.2) is 14.8 Å². The Bertz CT molecular complexity index is 781. The van der Waals surface area contributed by atoms with Gasteiger partial charge >= 0.3 is 0 Å². The van der Waals surface area contributed by atoms with Crippen LogP contribution in [0.3, 0.4) is 0 Å². The Kier molecular flexibility index (Phi) is 3.15. The Morgan fingerprint density at radius 1 is 1.27 bits per heavy atom. The summed E-state index contributed by atoms with van der Waals surface area (Å²) in [6.45, 7) is 0. The lowest BCUT2D eigenvalue weighted by atomic mass is 9.96. The number of rotatable bonds is 2. The van der Waals surface area contributed by atoms with Crippen LogP contribution in [0.15, 0.2) is 51.6 Å². The van der Waals surface area contributed by atoms with Crippen molar-refractivity contribution in [3.63, 3.8) is 0 Å². The molecule has 7 heteroatoms. The van der Waals surface area contributed by atoms with E-state index >= 15 is 0 Å². The van der Waals surface area contributed by atoms with Crippen molar-refractivity contribution in [1.82, 2.24) is 14.8 Å². The van der Waals surface area contributed by atoms with Crippen LogP contribution < -0.4 is 11.1 Å². The van der Waals surface area contributed by atoms with Crippen LogP contribution in [0.25, 0.3) is 0 Å². The Balaban J connectivity index is 1.74. The van der Waals surface area contributed by atoms with Crippen LogP contribution in [0.4, 0.5) is 11.9 Å². The summed E-state index contributed by atoms with van der Waals surface area (Å²) in [5, 5.41) is 7.68. The fourth-order valence-electron chi connectivity index (χ4n) is 2.83. The van der Waals surface area contributed by atoms with Crippen LogP contribution in [0, 0.1) is 0 Å². The van der Waals surface area contributed by atoms with E-state index in [0.29, 0.717) is 5.95 Å². The molecule has 3 N–H and O–H groups in total. The minimum Gasteiger partial charge on any atom is -0.467 e. The predicted molar refractivity (Wildman–Crippen MR) is 86.4 cm³/mol. The first-order chi connectivity index (χ1) is 10.7. The van der Waals surface area contributed by atoms with Crippen molar-refractivity contribution in [1.29, 1.82) is 0 Å². The topological polar surface area (TPSA) is 81.9 Å². The van der Waals surface area contributed by atoms with Crippen LogP contribution >= 0.6 is 15.9 Å². The molecule has 0 bridgehead atoms. The lowest BCUT2D eigenvalue weighted by Gasteiger charge is -2.30. The standard InChI is InChI=1S/C15H14BrN5O/c16-10-5-3-9(4-6-10)11-8-12(13-2-1-7-22-13)21-15(18-11)19-14(17)20-21/h1-7,11-12H,8H2,(H3,17,18,19,20)/t11-,12-/m0/s1. The second-order valence-corrected chi connectivity index (χ2v) is 6.17. The molecule has 4 rings (SSSR count). The molecule has 2 aromatic heterocycles. The van der Waals surface area contributed by atoms with Gasteiger partial charge in [-0.1, -0.05) is 28.1 Å². The molecule has 0 aliphatic carbocycles. The number of fused-ring (bicyclic) bond motifs is 1. The van der Waals surface area contributed by atoms with Gasteiger partial charge in [0.1, 0.15) is 11.8 Å². The fraction of sp³-hybridized carbons (Fsp3) is 0.200. The van der Waals surface area contributed by atoms with Crippen LogP contribution in [0.2, 0.25) is 0 Å². The maximum absolute atomic E-state index is 5.76. The molecule has 112 valence electrons. The van der Waals surface area contributed by atoms with E-state index in [-0.39, 0.29) is 18.0 Å².